The number of anilines is 3. The second-order valence-electron chi connectivity index (χ2n) is 15.8. The summed E-state index contributed by atoms with van der Waals surface area (Å²) in [6.07, 6.45) is 18.5. The lowest BCUT2D eigenvalue weighted by atomic mass is 9.89. The van der Waals surface area contributed by atoms with Gasteiger partial charge in [-0.05, 0) is 103 Å². The second kappa shape index (κ2) is 25.7. The average molecular weight is 807 g/mol. The van der Waals surface area contributed by atoms with Crippen LogP contribution in [0.5, 0.6) is 0 Å². The summed E-state index contributed by atoms with van der Waals surface area (Å²) < 4.78 is 21.8. The van der Waals surface area contributed by atoms with Crippen LogP contribution in [0.4, 0.5) is 22.1 Å². The van der Waals surface area contributed by atoms with Crippen LogP contribution in [0, 0.1) is 5.92 Å². The number of hydrogen-bond acceptors (Lipinski definition) is 12. The molecule has 15 nitrogen and oxygen atoms in total. The lowest BCUT2D eigenvalue weighted by molar-refractivity contribution is -0.125. The molecule has 0 aliphatic heterocycles. The van der Waals surface area contributed by atoms with Gasteiger partial charge in [-0.25, -0.2) is 14.8 Å². The zero-order valence-corrected chi connectivity index (χ0v) is 34.8. The Morgan fingerprint density at radius 2 is 1.41 bits per heavy atom. The topological polar surface area (TPSA) is 201 Å². The number of pyridine rings is 3. The predicted octanol–water partition coefficient (Wildman–Crippen LogP) is 7.04. The Morgan fingerprint density at radius 1 is 0.759 bits per heavy atom. The van der Waals surface area contributed by atoms with E-state index in [0.29, 0.717) is 68.5 Å². The van der Waals surface area contributed by atoms with E-state index < -0.39 is 11.5 Å². The highest BCUT2D eigenvalue weighted by molar-refractivity contribution is 5.98. The molecule has 0 bridgehead atoms. The van der Waals surface area contributed by atoms with Gasteiger partial charge in [-0.2, -0.15) is 0 Å². The van der Waals surface area contributed by atoms with Crippen molar-refractivity contribution in [3.05, 3.63) is 48.4 Å². The van der Waals surface area contributed by atoms with Crippen molar-refractivity contribution < 1.29 is 33.3 Å². The Labute approximate surface area is 343 Å². The highest BCUT2D eigenvalue weighted by Crippen LogP contribution is 2.29. The largest absolute Gasteiger partial charge is 0.444 e. The van der Waals surface area contributed by atoms with Crippen molar-refractivity contribution in [1.82, 2.24) is 25.6 Å². The fourth-order valence-corrected chi connectivity index (χ4v) is 6.23. The van der Waals surface area contributed by atoms with Crippen molar-refractivity contribution in [2.24, 2.45) is 11.7 Å². The highest BCUT2D eigenvalue weighted by Gasteiger charge is 2.23. The number of primary amides is 1. The zero-order valence-electron chi connectivity index (χ0n) is 34.8. The third kappa shape index (κ3) is 19.2. The van der Waals surface area contributed by atoms with Gasteiger partial charge in [-0.1, -0.05) is 19.3 Å². The third-order valence-electron chi connectivity index (χ3n) is 9.47. The number of nitrogens with two attached hydrogens (primary N) is 1. The van der Waals surface area contributed by atoms with Crippen molar-refractivity contribution >= 4 is 46.1 Å². The minimum Gasteiger partial charge on any atom is -0.444 e. The molecule has 6 N–H and O–H groups in total. The van der Waals surface area contributed by atoms with Crippen LogP contribution in [-0.2, 0) is 23.7 Å². The van der Waals surface area contributed by atoms with Gasteiger partial charge in [0.15, 0.2) is 0 Å². The van der Waals surface area contributed by atoms with E-state index in [0.717, 1.165) is 88.3 Å². The maximum absolute atomic E-state index is 12.1. The van der Waals surface area contributed by atoms with E-state index in [1.54, 1.807) is 18.5 Å². The first-order valence-electron chi connectivity index (χ1n) is 21.1. The van der Waals surface area contributed by atoms with E-state index in [4.69, 9.17) is 24.7 Å². The molecule has 0 spiro atoms. The first-order chi connectivity index (χ1) is 28.1. The zero-order chi connectivity index (χ0) is 41.4. The van der Waals surface area contributed by atoms with Crippen LogP contribution in [-0.4, -0.2) is 97.2 Å². The Hall–Kier alpha value is -4.60. The van der Waals surface area contributed by atoms with E-state index in [1.165, 1.54) is 25.5 Å². The van der Waals surface area contributed by atoms with Gasteiger partial charge in [0, 0.05) is 68.3 Å². The molecule has 3 aromatic heterocycles. The summed E-state index contributed by atoms with van der Waals surface area (Å²) in [6, 6.07) is 7.85. The van der Waals surface area contributed by atoms with Crippen LogP contribution in [0.2, 0.25) is 0 Å². The second-order valence-corrected chi connectivity index (χ2v) is 15.8. The van der Waals surface area contributed by atoms with Crippen LogP contribution >= 0.6 is 0 Å². The molecule has 3 amide bonds. The highest BCUT2D eigenvalue weighted by atomic mass is 16.6. The molecule has 0 saturated heterocycles. The summed E-state index contributed by atoms with van der Waals surface area (Å²) in [5.41, 5.74) is 6.90. The molecule has 0 atom stereocenters. The van der Waals surface area contributed by atoms with Crippen LogP contribution in [0.15, 0.2) is 42.9 Å². The normalized spacial score (nSPS) is 14.3. The number of ether oxygens (including phenoxy) is 4. The molecular weight excluding hydrogens is 741 g/mol. The number of carbonyl (C=O) groups excluding carboxylic acids is 3. The number of alkyl carbamates (subject to hydrolysis) is 1. The van der Waals surface area contributed by atoms with E-state index in [1.807, 2.05) is 39.0 Å². The minimum absolute atomic E-state index is 0.252. The molecule has 0 radical (unpaired) electrons. The number of unbranched alkanes of at least 4 members (excludes halogenated alkanes) is 4. The van der Waals surface area contributed by atoms with Crippen LogP contribution in [0.3, 0.4) is 0 Å². The van der Waals surface area contributed by atoms with Gasteiger partial charge in [0.25, 0.3) is 5.91 Å². The summed E-state index contributed by atoms with van der Waals surface area (Å²) in [5, 5.41) is 13.3. The molecule has 2 fully saturated rings. The lowest BCUT2D eigenvalue weighted by Crippen LogP contribution is -2.33. The van der Waals surface area contributed by atoms with Crippen molar-refractivity contribution in [3.63, 3.8) is 0 Å². The molecule has 0 aromatic carbocycles. The monoisotopic (exact) mass is 807 g/mol. The van der Waals surface area contributed by atoms with E-state index in [-0.39, 0.29) is 17.9 Å². The molecule has 58 heavy (non-hydrogen) atoms. The van der Waals surface area contributed by atoms with Crippen LogP contribution in [0.25, 0.3) is 10.9 Å². The maximum atomic E-state index is 12.1. The summed E-state index contributed by atoms with van der Waals surface area (Å²) in [5.74, 6) is 1.29. The fraction of sp³-hybridized carbons (Fsp3) is 0.628. The van der Waals surface area contributed by atoms with E-state index >= 15 is 0 Å². The van der Waals surface area contributed by atoms with E-state index in [2.05, 4.69) is 36.2 Å². The Balaban J connectivity index is 0.000000270. The quantitative estimate of drug-likeness (QED) is 0.0579. The molecule has 320 valence electrons. The molecule has 2 saturated carbocycles. The molecule has 3 aromatic rings. The van der Waals surface area contributed by atoms with Gasteiger partial charge in [-0.3, -0.25) is 14.6 Å². The van der Waals surface area contributed by atoms with Crippen molar-refractivity contribution in [2.45, 2.75) is 116 Å². The van der Waals surface area contributed by atoms with Gasteiger partial charge in [0.1, 0.15) is 17.2 Å². The van der Waals surface area contributed by atoms with Gasteiger partial charge < -0.3 is 45.9 Å². The standard InChI is InChI=1S/C26H50N2O6.C17H16N6O/c1-26(2,3)34-25(30)28-16-10-6-12-18-32-20-22-33-21-19-31-17-11-5-9-15-27-24(29)23-13-7-4-8-14-23;18-17(24)12-9-20-16(7-14(12)21-11-2-3-11)23-15-4-1-10-8-19-6-5-13(10)22-15/h23H,4-22H2,1-3H3,(H,27,29)(H,28,30);1,4-9,11H,2-3H2,(H2,18,24)(H2,20,21,22,23). The van der Waals surface area contributed by atoms with Crippen molar-refractivity contribution in [1.29, 1.82) is 0 Å². The SMILES string of the molecule is CC(C)(C)OC(=O)NCCCCCOCCOCCOCCCCCNC(=O)C1CCCCC1.NC(=O)c1cnc(Nc2ccc3cnccc3n2)cc1NC1CC1. The molecule has 2 aliphatic rings. The third-order valence-corrected chi connectivity index (χ3v) is 9.47. The smallest absolute Gasteiger partial charge is 0.407 e. The summed E-state index contributed by atoms with van der Waals surface area (Å²) in [7, 11) is 0. The number of carbonyl (C=O) groups is 3. The van der Waals surface area contributed by atoms with Crippen molar-refractivity contribution in [3.8, 4) is 0 Å². The average Bonchev–Trinajstić information content (AvgIpc) is 4.02. The van der Waals surface area contributed by atoms with Crippen molar-refractivity contribution in [2.75, 3.05) is 63.4 Å². The number of aromatic nitrogens is 3. The maximum Gasteiger partial charge on any atom is 0.407 e. The molecule has 3 heterocycles. The Bertz CT molecular complexity index is 1680. The van der Waals surface area contributed by atoms with E-state index in [9.17, 15) is 14.4 Å². The van der Waals surface area contributed by atoms with Gasteiger partial charge in [0.2, 0.25) is 5.91 Å². The first-order valence-corrected chi connectivity index (χ1v) is 21.1. The number of rotatable bonds is 24. The number of amides is 3. The Kier molecular flexibility index (Phi) is 20.4. The molecule has 2 aliphatic carbocycles. The lowest BCUT2D eigenvalue weighted by Gasteiger charge is -2.20. The number of hydrogen-bond donors (Lipinski definition) is 5. The van der Waals surface area contributed by atoms with Gasteiger partial charge >= 0.3 is 6.09 Å². The number of nitrogens with one attached hydrogen (secondary N) is 4. The Morgan fingerprint density at radius 3 is 2.05 bits per heavy atom. The minimum atomic E-state index is -0.492. The van der Waals surface area contributed by atoms with Crippen LogP contribution < -0.4 is 27.0 Å². The molecular formula is C43H66N8O7. The predicted molar refractivity (Wildman–Crippen MR) is 226 cm³/mol. The fourth-order valence-electron chi connectivity index (χ4n) is 6.23. The number of nitrogens with zero attached hydrogens (tertiary/aromatic N) is 3. The molecule has 5 rings (SSSR count). The first kappa shape index (κ1) is 46.1. The molecule has 15 heteroatoms. The van der Waals surface area contributed by atoms with Crippen LogP contribution in [0.1, 0.15) is 115 Å². The molecule has 0 unspecified atom stereocenters. The summed E-state index contributed by atoms with van der Waals surface area (Å²) in [4.78, 5) is 48.0. The van der Waals surface area contributed by atoms with Gasteiger partial charge in [0.05, 0.1) is 43.2 Å². The number of fused-ring (bicyclic) bond motifs is 1. The van der Waals surface area contributed by atoms with Gasteiger partial charge in [-0.15, -0.1) is 0 Å². The summed E-state index contributed by atoms with van der Waals surface area (Å²) >= 11 is 0. The summed E-state index contributed by atoms with van der Waals surface area (Å²) in [6.45, 7) is 10.7.